The van der Waals surface area contributed by atoms with Crippen LogP contribution in [0.5, 0.6) is 0 Å². The predicted octanol–water partition coefficient (Wildman–Crippen LogP) is 4.49. The van der Waals surface area contributed by atoms with Crippen molar-refractivity contribution in [3.63, 3.8) is 0 Å². The van der Waals surface area contributed by atoms with Gasteiger partial charge in [-0.2, -0.15) is 0 Å². The molecule has 0 bridgehead atoms. The Morgan fingerprint density at radius 3 is 1.00 bits per heavy atom. The third kappa shape index (κ3) is 3.30. The van der Waals surface area contributed by atoms with Gasteiger partial charge in [0.15, 0.2) is 0 Å². The lowest BCUT2D eigenvalue weighted by molar-refractivity contribution is 0.621. The van der Waals surface area contributed by atoms with Crippen LogP contribution in [0.15, 0.2) is 0 Å². The molecule has 0 atom stereocenters. The lowest BCUT2D eigenvalue weighted by Crippen LogP contribution is -2.37. The Kier molecular flexibility index (Phi) is 3.59. The summed E-state index contributed by atoms with van der Waals surface area (Å²) in [6.07, 6.45) is 0. The van der Waals surface area contributed by atoms with Gasteiger partial charge in [-0.15, -0.1) is 0 Å². The van der Waals surface area contributed by atoms with Gasteiger partial charge in [-0.3, -0.25) is 0 Å². The van der Waals surface area contributed by atoms with Crippen molar-refractivity contribution in [3.8, 4) is 0 Å². The second-order valence-electron chi connectivity index (χ2n) is 6.07. The monoisotopic (exact) mass is 185 g/mol. The fraction of sp³-hybridized carbons (Fsp3) is 1.00. The van der Waals surface area contributed by atoms with Crippen LogP contribution in [0.3, 0.4) is 0 Å². The molecule has 0 saturated carbocycles. The van der Waals surface area contributed by atoms with Crippen molar-refractivity contribution in [2.45, 2.75) is 71.0 Å². The van der Waals surface area contributed by atoms with E-state index in [2.05, 4.69) is 55.4 Å². The first-order chi connectivity index (χ1) is 5.07. The first-order valence-electron chi connectivity index (χ1n) is 4.94. The molecular formula is C11H25Si. The Morgan fingerprint density at radius 1 is 0.750 bits per heavy atom. The molecule has 73 valence electrons. The highest BCUT2D eigenvalue weighted by atomic mass is 28.3. The molecule has 1 radical (unpaired) electrons. The zero-order valence-electron chi connectivity index (χ0n) is 10.1. The summed E-state index contributed by atoms with van der Waals surface area (Å²) in [7, 11) is -0.293. The van der Waals surface area contributed by atoms with Gasteiger partial charge in [0.1, 0.15) is 0 Å². The quantitative estimate of drug-likeness (QED) is 0.528. The van der Waals surface area contributed by atoms with Crippen LogP contribution in [-0.4, -0.2) is 8.80 Å². The van der Waals surface area contributed by atoms with Crippen molar-refractivity contribution in [1.29, 1.82) is 0 Å². The van der Waals surface area contributed by atoms with E-state index in [0.29, 0.717) is 10.1 Å². The van der Waals surface area contributed by atoms with Crippen molar-refractivity contribution in [3.05, 3.63) is 0 Å². The molecule has 0 aliphatic rings. The van der Waals surface area contributed by atoms with Crippen LogP contribution in [-0.2, 0) is 0 Å². The van der Waals surface area contributed by atoms with Crippen molar-refractivity contribution in [2.24, 2.45) is 0 Å². The smallest absolute Gasteiger partial charge is 0.0622 e. The Labute approximate surface area is 80.4 Å². The van der Waals surface area contributed by atoms with Crippen LogP contribution in [0.4, 0.5) is 0 Å². The molecule has 0 saturated heterocycles. The molecule has 0 N–H and O–H groups in total. The SMILES string of the molecule is CC(C)[Si](C(C)(C)C)C(C)(C)C. The van der Waals surface area contributed by atoms with E-state index in [4.69, 9.17) is 0 Å². The van der Waals surface area contributed by atoms with Gasteiger partial charge in [-0.25, -0.2) is 0 Å². The average molecular weight is 185 g/mol. The molecule has 0 aromatic rings. The molecule has 0 spiro atoms. The molecule has 0 unspecified atom stereocenters. The fourth-order valence-electron chi connectivity index (χ4n) is 2.86. The van der Waals surface area contributed by atoms with E-state index in [1.54, 1.807) is 0 Å². The van der Waals surface area contributed by atoms with Gasteiger partial charge in [-0.05, 0) is 10.1 Å². The van der Waals surface area contributed by atoms with Crippen molar-refractivity contribution >= 4 is 8.80 Å². The van der Waals surface area contributed by atoms with Crippen LogP contribution in [0.2, 0.25) is 15.6 Å². The first kappa shape index (κ1) is 12.2. The lowest BCUT2D eigenvalue weighted by atomic mass is 10.2. The summed E-state index contributed by atoms with van der Waals surface area (Å²) < 4.78 is 0. The maximum atomic E-state index is 2.40. The number of rotatable bonds is 1. The van der Waals surface area contributed by atoms with Crippen LogP contribution >= 0.6 is 0 Å². The minimum Gasteiger partial charge on any atom is -0.0653 e. The third-order valence-electron chi connectivity index (χ3n) is 2.19. The van der Waals surface area contributed by atoms with Gasteiger partial charge in [0, 0.05) is 0 Å². The molecule has 12 heavy (non-hydrogen) atoms. The summed E-state index contributed by atoms with van der Waals surface area (Å²) in [4.78, 5) is 0. The van der Waals surface area contributed by atoms with Gasteiger partial charge in [0.2, 0.25) is 0 Å². The van der Waals surface area contributed by atoms with E-state index < -0.39 is 0 Å². The zero-order valence-corrected chi connectivity index (χ0v) is 11.1. The Morgan fingerprint density at radius 2 is 1.00 bits per heavy atom. The van der Waals surface area contributed by atoms with Gasteiger partial charge in [0.25, 0.3) is 0 Å². The minimum absolute atomic E-state index is 0.293. The Balaban J connectivity index is 4.70. The molecule has 0 rings (SSSR count). The van der Waals surface area contributed by atoms with E-state index in [1.165, 1.54) is 0 Å². The Hall–Kier alpha value is 0.217. The first-order valence-corrected chi connectivity index (χ1v) is 6.52. The molecular weight excluding hydrogens is 160 g/mol. The van der Waals surface area contributed by atoms with E-state index in [1.807, 2.05) is 0 Å². The van der Waals surface area contributed by atoms with E-state index in [9.17, 15) is 0 Å². The van der Waals surface area contributed by atoms with Crippen molar-refractivity contribution < 1.29 is 0 Å². The summed E-state index contributed by atoms with van der Waals surface area (Å²) in [6, 6.07) is 0. The van der Waals surface area contributed by atoms with Crippen LogP contribution < -0.4 is 0 Å². The normalized spacial score (nSPS) is 14.5. The highest BCUT2D eigenvalue weighted by Crippen LogP contribution is 2.46. The largest absolute Gasteiger partial charge is 0.0653 e. The third-order valence-corrected chi connectivity index (χ3v) is 6.58. The van der Waals surface area contributed by atoms with E-state index >= 15 is 0 Å². The van der Waals surface area contributed by atoms with Crippen LogP contribution in [0.1, 0.15) is 55.4 Å². The lowest BCUT2D eigenvalue weighted by Gasteiger charge is -2.42. The van der Waals surface area contributed by atoms with Gasteiger partial charge in [-0.1, -0.05) is 60.9 Å². The average Bonchev–Trinajstić information content (AvgIpc) is 1.49. The van der Waals surface area contributed by atoms with Gasteiger partial charge in [0.05, 0.1) is 8.80 Å². The Bertz CT molecular complexity index is 120. The molecule has 0 amide bonds. The zero-order chi connectivity index (χ0) is 10.2. The molecule has 0 heterocycles. The molecule has 1 heteroatoms. The molecule has 0 aromatic heterocycles. The topological polar surface area (TPSA) is 0 Å². The number of hydrogen-bond acceptors (Lipinski definition) is 0. The van der Waals surface area contributed by atoms with Crippen molar-refractivity contribution in [2.75, 3.05) is 0 Å². The standard InChI is InChI=1S/C11H25Si/c1-9(2)12(10(3,4)5)11(6,7)8/h9H,1-8H3. The van der Waals surface area contributed by atoms with Crippen LogP contribution in [0.25, 0.3) is 0 Å². The van der Waals surface area contributed by atoms with E-state index in [0.717, 1.165) is 5.54 Å². The minimum atomic E-state index is -0.293. The highest BCUT2D eigenvalue weighted by molar-refractivity contribution is 6.66. The van der Waals surface area contributed by atoms with E-state index in [-0.39, 0.29) is 8.80 Å². The molecule has 0 aliphatic carbocycles. The van der Waals surface area contributed by atoms with Gasteiger partial charge >= 0.3 is 0 Å². The van der Waals surface area contributed by atoms with Gasteiger partial charge < -0.3 is 0 Å². The molecule has 0 aromatic carbocycles. The van der Waals surface area contributed by atoms with Crippen LogP contribution in [0, 0.1) is 0 Å². The summed E-state index contributed by atoms with van der Waals surface area (Å²) >= 11 is 0. The predicted molar refractivity (Wildman–Crippen MR) is 60.3 cm³/mol. The maximum absolute atomic E-state index is 2.40. The molecule has 0 fully saturated rings. The van der Waals surface area contributed by atoms with Crippen molar-refractivity contribution in [1.82, 2.24) is 0 Å². The highest BCUT2D eigenvalue weighted by Gasteiger charge is 2.38. The fourth-order valence-corrected chi connectivity index (χ4v) is 8.57. The molecule has 0 aliphatic heterocycles. The summed E-state index contributed by atoms with van der Waals surface area (Å²) in [5, 5.41) is 1.05. The maximum Gasteiger partial charge on any atom is 0.0622 e. The second-order valence-corrected chi connectivity index (χ2v) is 11.1. The summed E-state index contributed by atoms with van der Waals surface area (Å²) in [5.41, 5.74) is 0.870. The number of hydrogen-bond donors (Lipinski definition) is 0. The second kappa shape index (κ2) is 3.53. The summed E-state index contributed by atoms with van der Waals surface area (Å²) in [5.74, 6) is 0. The summed E-state index contributed by atoms with van der Waals surface area (Å²) in [6.45, 7) is 19.1. The molecule has 0 nitrogen and oxygen atoms in total.